The zero-order chi connectivity index (χ0) is 14.7. The molecule has 0 saturated carbocycles. The van der Waals surface area contributed by atoms with Crippen LogP contribution in [-0.2, 0) is 7.05 Å². The number of rotatable bonds is 4. The van der Waals surface area contributed by atoms with E-state index in [9.17, 15) is 9.59 Å². The van der Waals surface area contributed by atoms with Crippen LogP contribution in [0.4, 0.5) is 0 Å². The predicted molar refractivity (Wildman–Crippen MR) is 75.2 cm³/mol. The number of ether oxygens (including phenoxy) is 1. The number of para-hydroxylation sites is 1. The van der Waals surface area contributed by atoms with E-state index in [0.717, 1.165) is 5.56 Å². The lowest BCUT2D eigenvalue weighted by atomic mass is 10.1. The van der Waals surface area contributed by atoms with Crippen molar-refractivity contribution in [2.24, 2.45) is 7.05 Å². The number of carboxylic acids is 1. The van der Waals surface area contributed by atoms with Crippen molar-refractivity contribution >= 4 is 5.97 Å². The molecule has 0 saturated heterocycles. The molecule has 104 valence electrons. The number of hydrogen-bond donors (Lipinski definition) is 1. The Morgan fingerprint density at radius 2 is 1.95 bits per heavy atom. The van der Waals surface area contributed by atoms with Crippen LogP contribution in [0.2, 0.25) is 0 Å². The van der Waals surface area contributed by atoms with Gasteiger partial charge in [-0.3, -0.25) is 4.79 Å². The van der Waals surface area contributed by atoms with Gasteiger partial charge in [0.05, 0.1) is 12.3 Å². The van der Waals surface area contributed by atoms with Crippen molar-refractivity contribution in [3.05, 3.63) is 52.3 Å². The van der Waals surface area contributed by atoms with E-state index < -0.39 is 11.5 Å². The molecule has 1 aromatic heterocycles. The third-order valence-electron chi connectivity index (χ3n) is 3.00. The molecule has 0 aliphatic rings. The van der Waals surface area contributed by atoms with Crippen LogP contribution in [0.3, 0.4) is 0 Å². The molecule has 5 heteroatoms. The molecule has 2 rings (SSSR count). The number of benzene rings is 1. The molecule has 1 N–H and O–H groups in total. The molecule has 1 aromatic carbocycles. The highest BCUT2D eigenvalue weighted by atomic mass is 16.5. The van der Waals surface area contributed by atoms with Gasteiger partial charge in [0.2, 0.25) is 0 Å². The first-order valence-corrected chi connectivity index (χ1v) is 6.21. The quantitative estimate of drug-likeness (QED) is 0.926. The first-order valence-electron chi connectivity index (χ1n) is 6.21. The molecule has 0 radical (unpaired) electrons. The standard InChI is InChI=1S/C15H15NO4/c1-3-20-13-7-5-4-6-10(13)12-9-8-11(15(18)19)14(17)16(12)2/h4-9H,3H2,1-2H3,(H,18,19). The van der Waals surface area contributed by atoms with Crippen LogP contribution in [0.5, 0.6) is 5.75 Å². The van der Waals surface area contributed by atoms with Crippen molar-refractivity contribution in [1.82, 2.24) is 4.57 Å². The molecular weight excluding hydrogens is 258 g/mol. The number of carbonyl (C=O) groups is 1. The zero-order valence-corrected chi connectivity index (χ0v) is 11.3. The Bertz CT molecular complexity index is 703. The minimum absolute atomic E-state index is 0.245. The molecule has 0 bridgehead atoms. The normalized spacial score (nSPS) is 10.3. The van der Waals surface area contributed by atoms with E-state index in [0.29, 0.717) is 18.1 Å². The van der Waals surface area contributed by atoms with Crippen LogP contribution >= 0.6 is 0 Å². The summed E-state index contributed by atoms with van der Waals surface area (Å²) in [4.78, 5) is 23.0. The SMILES string of the molecule is CCOc1ccccc1-c1ccc(C(=O)O)c(=O)n1C. The number of pyridine rings is 1. The van der Waals surface area contributed by atoms with Gasteiger partial charge < -0.3 is 14.4 Å². The van der Waals surface area contributed by atoms with E-state index >= 15 is 0 Å². The van der Waals surface area contributed by atoms with E-state index in [4.69, 9.17) is 9.84 Å². The summed E-state index contributed by atoms with van der Waals surface area (Å²) in [7, 11) is 1.55. The molecule has 0 aliphatic carbocycles. The maximum Gasteiger partial charge on any atom is 0.341 e. The van der Waals surface area contributed by atoms with Gasteiger partial charge in [-0.1, -0.05) is 12.1 Å². The first-order chi connectivity index (χ1) is 9.56. The molecule has 2 aromatic rings. The summed E-state index contributed by atoms with van der Waals surface area (Å²) in [6.07, 6.45) is 0. The van der Waals surface area contributed by atoms with Gasteiger partial charge in [0.1, 0.15) is 11.3 Å². The van der Waals surface area contributed by atoms with E-state index in [2.05, 4.69) is 0 Å². The lowest BCUT2D eigenvalue weighted by Crippen LogP contribution is -2.25. The van der Waals surface area contributed by atoms with Crippen molar-refractivity contribution in [2.45, 2.75) is 6.92 Å². The average Bonchev–Trinajstić information content (AvgIpc) is 2.43. The summed E-state index contributed by atoms with van der Waals surface area (Å²) in [5.74, 6) is -0.566. The smallest absolute Gasteiger partial charge is 0.341 e. The minimum Gasteiger partial charge on any atom is -0.493 e. The minimum atomic E-state index is -1.23. The lowest BCUT2D eigenvalue weighted by molar-refractivity contribution is 0.0694. The second-order valence-corrected chi connectivity index (χ2v) is 4.23. The number of aromatic nitrogens is 1. The summed E-state index contributed by atoms with van der Waals surface area (Å²) in [5, 5.41) is 8.95. The van der Waals surface area contributed by atoms with Crippen molar-refractivity contribution in [3.63, 3.8) is 0 Å². The highest BCUT2D eigenvalue weighted by Gasteiger charge is 2.14. The molecule has 1 heterocycles. The third kappa shape index (κ3) is 2.42. The summed E-state index contributed by atoms with van der Waals surface area (Å²) >= 11 is 0. The first kappa shape index (κ1) is 13.9. The Hall–Kier alpha value is -2.56. The topological polar surface area (TPSA) is 68.5 Å². The maximum atomic E-state index is 12.0. The zero-order valence-electron chi connectivity index (χ0n) is 11.3. The molecule has 0 aliphatic heterocycles. The Morgan fingerprint density at radius 3 is 2.60 bits per heavy atom. The van der Waals surface area contributed by atoms with Gasteiger partial charge in [0.25, 0.3) is 5.56 Å². The maximum absolute atomic E-state index is 12.0. The van der Waals surface area contributed by atoms with Crippen molar-refractivity contribution in [2.75, 3.05) is 6.61 Å². The third-order valence-corrected chi connectivity index (χ3v) is 3.00. The largest absolute Gasteiger partial charge is 0.493 e. The summed E-state index contributed by atoms with van der Waals surface area (Å²) in [5.41, 5.74) is 0.585. The fraction of sp³-hybridized carbons (Fsp3) is 0.200. The molecule has 0 fully saturated rings. The molecule has 0 amide bonds. The summed E-state index contributed by atoms with van der Waals surface area (Å²) in [6.45, 7) is 2.39. The number of nitrogens with zero attached hydrogens (tertiary/aromatic N) is 1. The number of carboxylic acid groups (broad SMARTS) is 1. The van der Waals surface area contributed by atoms with E-state index in [1.54, 1.807) is 13.1 Å². The molecule has 0 unspecified atom stereocenters. The lowest BCUT2D eigenvalue weighted by Gasteiger charge is -2.13. The van der Waals surface area contributed by atoms with Crippen molar-refractivity contribution < 1.29 is 14.6 Å². The second-order valence-electron chi connectivity index (χ2n) is 4.23. The van der Waals surface area contributed by atoms with Gasteiger partial charge in [-0.15, -0.1) is 0 Å². The molecular formula is C15H15NO4. The second kappa shape index (κ2) is 5.61. The van der Waals surface area contributed by atoms with Crippen molar-refractivity contribution in [1.29, 1.82) is 0 Å². The Labute approximate surface area is 116 Å². The fourth-order valence-electron chi connectivity index (χ4n) is 2.03. The van der Waals surface area contributed by atoms with Gasteiger partial charge in [-0.25, -0.2) is 4.79 Å². The highest BCUT2D eigenvalue weighted by Crippen LogP contribution is 2.28. The predicted octanol–water partition coefficient (Wildman–Crippen LogP) is 2.15. The molecule has 5 nitrogen and oxygen atoms in total. The summed E-state index contributed by atoms with van der Waals surface area (Å²) in [6, 6.07) is 10.3. The Kier molecular flexibility index (Phi) is 3.89. The van der Waals surface area contributed by atoms with Gasteiger partial charge >= 0.3 is 5.97 Å². The van der Waals surface area contributed by atoms with Crippen LogP contribution in [-0.4, -0.2) is 22.2 Å². The van der Waals surface area contributed by atoms with Gasteiger partial charge in [0.15, 0.2) is 0 Å². The molecule has 0 atom stereocenters. The summed E-state index contributed by atoms with van der Waals surface area (Å²) < 4.78 is 6.85. The molecule has 0 spiro atoms. The number of aromatic carboxylic acids is 1. The average molecular weight is 273 g/mol. The number of hydrogen-bond acceptors (Lipinski definition) is 3. The van der Waals surface area contributed by atoms with Gasteiger partial charge in [-0.2, -0.15) is 0 Å². The van der Waals surface area contributed by atoms with Crippen LogP contribution in [0, 0.1) is 0 Å². The van der Waals surface area contributed by atoms with E-state index in [1.807, 2.05) is 31.2 Å². The highest BCUT2D eigenvalue weighted by molar-refractivity contribution is 5.87. The fourth-order valence-corrected chi connectivity index (χ4v) is 2.03. The monoisotopic (exact) mass is 273 g/mol. The van der Waals surface area contributed by atoms with E-state index in [1.165, 1.54) is 10.6 Å². The molecule has 20 heavy (non-hydrogen) atoms. The van der Waals surface area contributed by atoms with Crippen LogP contribution in [0.1, 0.15) is 17.3 Å². The van der Waals surface area contributed by atoms with Crippen molar-refractivity contribution in [3.8, 4) is 17.0 Å². The Morgan fingerprint density at radius 1 is 1.25 bits per heavy atom. The van der Waals surface area contributed by atoms with Gasteiger partial charge in [0, 0.05) is 12.6 Å². The Balaban J connectivity index is 2.63. The van der Waals surface area contributed by atoms with E-state index in [-0.39, 0.29) is 5.56 Å². The van der Waals surface area contributed by atoms with Gasteiger partial charge in [-0.05, 0) is 31.2 Å². The van der Waals surface area contributed by atoms with Crippen LogP contribution in [0.15, 0.2) is 41.2 Å². The van der Waals surface area contributed by atoms with Crippen LogP contribution < -0.4 is 10.3 Å². The van der Waals surface area contributed by atoms with Crippen LogP contribution in [0.25, 0.3) is 11.3 Å².